The average Bonchev–Trinajstić information content (AvgIpc) is 2.31. The zero-order valence-electron chi connectivity index (χ0n) is 9.28. The summed E-state index contributed by atoms with van der Waals surface area (Å²) in [4.78, 5) is 4.32. The number of hydrogen-bond acceptors (Lipinski definition) is 2. The molecule has 0 saturated heterocycles. The highest BCUT2D eigenvalue weighted by Gasteiger charge is 2.04. The number of halogens is 2. The molecule has 0 saturated carbocycles. The van der Waals surface area contributed by atoms with Crippen molar-refractivity contribution >= 4 is 27.5 Å². The molecule has 0 fully saturated rings. The van der Waals surface area contributed by atoms with Crippen LogP contribution in [0.15, 0.2) is 40.9 Å². The van der Waals surface area contributed by atoms with Crippen LogP contribution in [0.4, 0.5) is 0 Å². The van der Waals surface area contributed by atoms with Crippen LogP contribution in [0.3, 0.4) is 0 Å². The molecule has 0 bridgehead atoms. The second kappa shape index (κ2) is 5.52. The lowest BCUT2D eigenvalue weighted by Gasteiger charge is -2.08. The number of pyridine rings is 1. The molecule has 17 heavy (non-hydrogen) atoms. The summed E-state index contributed by atoms with van der Waals surface area (Å²) in [6.07, 6.45) is 0. The highest BCUT2D eigenvalue weighted by atomic mass is 79.9. The van der Waals surface area contributed by atoms with Crippen LogP contribution in [-0.2, 0) is 5.88 Å². The molecule has 0 unspecified atom stereocenters. The first-order valence-corrected chi connectivity index (χ1v) is 6.47. The molecule has 0 amide bonds. The van der Waals surface area contributed by atoms with Gasteiger partial charge in [0.2, 0.25) is 5.88 Å². The zero-order valence-corrected chi connectivity index (χ0v) is 11.6. The van der Waals surface area contributed by atoms with Crippen molar-refractivity contribution in [1.82, 2.24) is 4.98 Å². The van der Waals surface area contributed by atoms with Crippen LogP contribution in [0.1, 0.15) is 11.3 Å². The van der Waals surface area contributed by atoms with Crippen molar-refractivity contribution in [1.29, 1.82) is 0 Å². The van der Waals surface area contributed by atoms with Crippen molar-refractivity contribution in [3.05, 3.63) is 52.1 Å². The zero-order chi connectivity index (χ0) is 12.3. The molecule has 0 N–H and O–H groups in total. The second-order valence-corrected chi connectivity index (χ2v) is 4.74. The fraction of sp³-hybridized carbons (Fsp3) is 0.154. The van der Waals surface area contributed by atoms with Crippen LogP contribution in [0.25, 0.3) is 0 Å². The Hall–Kier alpha value is -1.06. The first-order valence-electron chi connectivity index (χ1n) is 5.15. The summed E-state index contributed by atoms with van der Waals surface area (Å²) in [5.74, 6) is 1.76. The highest BCUT2D eigenvalue weighted by Crippen LogP contribution is 2.28. The molecule has 0 atom stereocenters. The predicted octanol–water partition coefficient (Wildman–Crippen LogP) is 4.68. The first kappa shape index (κ1) is 12.4. The Morgan fingerprint density at radius 2 is 2.06 bits per heavy atom. The Kier molecular flexibility index (Phi) is 4.02. The summed E-state index contributed by atoms with van der Waals surface area (Å²) in [5, 5.41) is 0. The standard InChI is InChI=1S/C13H11BrClNO/c1-9-6-10(8-15)7-13(16-9)17-12-5-3-2-4-11(12)14/h2-7H,8H2,1H3. The Morgan fingerprint density at radius 3 is 2.76 bits per heavy atom. The Labute approximate surface area is 114 Å². The van der Waals surface area contributed by atoms with Crippen molar-refractivity contribution in [3.63, 3.8) is 0 Å². The van der Waals surface area contributed by atoms with Crippen molar-refractivity contribution in [2.45, 2.75) is 12.8 Å². The van der Waals surface area contributed by atoms with Gasteiger partial charge in [-0.25, -0.2) is 4.98 Å². The lowest BCUT2D eigenvalue weighted by Crippen LogP contribution is -1.93. The van der Waals surface area contributed by atoms with Gasteiger partial charge in [0, 0.05) is 17.6 Å². The van der Waals surface area contributed by atoms with Crippen molar-refractivity contribution in [2.75, 3.05) is 0 Å². The maximum atomic E-state index is 5.81. The van der Waals surface area contributed by atoms with Crippen molar-refractivity contribution in [3.8, 4) is 11.6 Å². The minimum Gasteiger partial charge on any atom is -0.438 e. The molecule has 0 aliphatic carbocycles. The van der Waals surface area contributed by atoms with Crippen LogP contribution in [0, 0.1) is 6.92 Å². The normalized spacial score (nSPS) is 10.3. The topological polar surface area (TPSA) is 22.1 Å². The molecular weight excluding hydrogens is 302 g/mol. The maximum Gasteiger partial charge on any atom is 0.219 e. The molecule has 1 heterocycles. The van der Waals surface area contributed by atoms with Crippen LogP contribution in [0.2, 0.25) is 0 Å². The van der Waals surface area contributed by atoms with Gasteiger partial charge in [0.25, 0.3) is 0 Å². The Morgan fingerprint density at radius 1 is 1.29 bits per heavy atom. The van der Waals surface area contributed by atoms with Gasteiger partial charge < -0.3 is 4.74 Å². The number of nitrogens with zero attached hydrogens (tertiary/aromatic N) is 1. The third-order valence-electron chi connectivity index (χ3n) is 2.20. The molecule has 1 aromatic carbocycles. The van der Waals surface area contributed by atoms with E-state index < -0.39 is 0 Å². The van der Waals surface area contributed by atoms with Gasteiger partial charge in [0.15, 0.2) is 0 Å². The highest BCUT2D eigenvalue weighted by molar-refractivity contribution is 9.10. The van der Waals surface area contributed by atoms with Crippen molar-refractivity contribution in [2.24, 2.45) is 0 Å². The molecule has 4 heteroatoms. The third-order valence-corrected chi connectivity index (χ3v) is 3.16. The van der Waals surface area contributed by atoms with Gasteiger partial charge in [-0.05, 0) is 46.6 Å². The van der Waals surface area contributed by atoms with E-state index in [1.807, 2.05) is 43.3 Å². The van der Waals surface area contributed by atoms with Gasteiger partial charge in [0.1, 0.15) is 5.75 Å². The lowest BCUT2D eigenvalue weighted by atomic mass is 10.2. The molecule has 0 spiro atoms. The molecule has 88 valence electrons. The number of alkyl halides is 1. The molecular formula is C13H11BrClNO. The van der Waals surface area contributed by atoms with Gasteiger partial charge in [-0.1, -0.05) is 12.1 Å². The minimum absolute atomic E-state index is 0.454. The molecule has 0 radical (unpaired) electrons. The van der Waals surface area contributed by atoms with Crippen LogP contribution in [-0.4, -0.2) is 4.98 Å². The molecule has 2 aromatic rings. The minimum atomic E-state index is 0.454. The number of ether oxygens (including phenoxy) is 1. The molecule has 1 aromatic heterocycles. The van der Waals surface area contributed by atoms with E-state index in [9.17, 15) is 0 Å². The quantitative estimate of drug-likeness (QED) is 0.767. The average molecular weight is 313 g/mol. The first-order chi connectivity index (χ1) is 8.19. The summed E-state index contributed by atoms with van der Waals surface area (Å²) in [6.45, 7) is 1.92. The van der Waals surface area contributed by atoms with Crippen LogP contribution in [0.5, 0.6) is 11.6 Å². The summed E-state index contributed by atoms with van der Waals surface area (Å²) in [5.41, 5.74) is 1.89. The van der Waals surface area contributed by atoms with Gasteiger partial charge in [-0.15, -0.1) is 11.6 Å². The third kappa shape index (κ3) is 3.20. The summed E-state index contributed by atoms with van der Waals surface area (Å²) >= 11 is 9.24. The number of benzene rings is 1. The Bertz CT molecular complexity index is 531. The molecule has 0 aliphatic heterocycles. The smallest absolute Gasteiger partial charge is 0.219 e. The number of hydrogen-bond donors (Lipinski definition) is 0. The van der Waals surface area contributed by atoms with Crippen molar-refractivity contribution < 1.29 is 4.74 Å². The Balaban J connectivity index is 2.30. The van der Waals surface area contributed by atoms with Crippen LogP contribution >= 0.6 is 27.5 Å². The van der Waals surface area contributed by atoms with E-state index in [-0.39, 0.29) is 0 Å². The maximum absolute atomic E-state index is 5.81. The van der Waals surface area contributed by atoms with Gasteiger partial charge in [-0.2, -0.15) is 0 Å². The fourth-order valence-electron chi connectivity index (χ4n) is 1.48. The summed E-state index contributed by atoms with van der Waals surface area (Å²) in [6, 6.07) is 11.4. The number of aromatic nitrogens is 1. The number of rotatable bonds is 3. The van der Waals surface area contributed by atoms with E-state index in [1.54, 1.807) is 0 Å². The van der Waals surface area contributed by atoms with E-state index >= 15 is 0 Å². The van der Waals surface area contributed by atoms with Gasteiger partial charge in [-0.3, -0.25) is 0 Å². The SMILES string of the molecule is Cc1cc(CCl)cc(Oc2ccccc2Br)n1. The van der Waals surface area contributed by atoms with Gasteiger partial charge in [0.05, 0.1) is 4.47 Å². The monoisotopic (exact) mass is 311 g/mol. The van der Waals surface area contributed by atoms with E-state index in [0.717, 1.165) is 21.5 Å². The molecule has 0 aliphatic rings. The molecule has 2 nitrogen and oxygen atoms in total. The predicted molar refractivity (Wildman–Crippen MR) is 72.7 cm³/mol. The summed E-state index contributed by atoms with van der Waals surface area (Å²) < 4.78 is 6.61. The summed E-state index contributed by atoms with van der Waals surface area (Å²) in [7, 11) is 0. The largest absolute Gasteiger partial charge is 0.438 e. The van der Waals surface area contributed by atoms with E-state index in [0.29, 0.717) is 11.8 Å². The van der Waals surface area contributed by atoms with Crippen LogP contribution < -0.4 is 4.74 Å². The lowest BCUT2D eigenvalue weighted by molar-refractivity contribution is 0.458. The van der Waals surface area contributed by atoms with E-state index in [2.05, 4.69) is 20.9 Å². The number of para-hydroxylation sites is 1. The fourth-order valence-corrected chi connectivity index (χ4v) is 2.00. The second-order valence-electron chi connectivity index (χ2n) is 3.62. The van der Waals surface area contributed by atoms with E-state index in [1.165, 1.54) is 0 Å². The van der Waals surface area contributed by atoms with E-state index in [4.69, 9.17) is 16.3 Å². The number of aryl methyl sites for hydroxylation is 1. The molecule has 2 rings (SSSR count). The van der Waals surface area contributed by atoms with Gasteiger partial charge >= 0.3 is 0 Å².